The molecule has 1 heterocycles. The molecule has 1 N–H and O–H groups in total. The molecule has 0 aromatic rings. The molecule has 2 unspecified atom stereocenters. The molecule has 0 aromatic heterocycles. The maximum Gasteiger partial charge on any atom is 0.410 e. The Balaban J connectivity index is 2.66. The van der Waals surface area contributed by atoms with E-state index in [0.29, 0.717) is 5.92 Å². The maximum atomic E-state index is 12.1. The second-order valence-corrected chi connectivity index (χ2v) is 6.06. The van der Waals surface area contributed by atoms with E-state index in [1.165, 1.54) is 0 Å². The number of ether oxygens (including phenoxy) is 1. The van der Waals surface area contributed by atoms with Crippen LogP contribution in [0.1, 0.15) is 53.4 Å². The first kappa shape index (κ1) is 15.3. The molecule has 0 bridgehead atoms. The summed E-state index contributed by atoms with van der Waals surface area (Å²) in [5, 5.41) is 9.10. The Morgan fingerprint density at radius 1 is 1.50 bits per heavy atom. The molecule has 1 fully saturated rings. The molecular weight excluding hydrogens is 230 g/mol. The Morgan fingerprint density at radius 3 is 2.67 bits per heavy atom. The van der Waals surface area contributed by atoms with Gasteiger partial charge in [-0.25, -0.2) is 4.79 Å². The van der Waals surface area contributed by atoms with Crippen LogP contribution in [0.3, 0.4) is 0 Å². The summed E-state index contributed by atoms with van der Waals surface area (Å²) >= 11 is 0. The van der Waals surface area contributed by atoms with E-state index in [2.05, 4.69) is 6.92 Å². The highest BCUT2D eigenvalue weighted by molar-refractivity contribution is 5.69. The number of carbonyl (C=O) groups is 1. The van der Waals surface area contributed by atoms with Crippen LogP contribution in [-0.4, -0.2) is 40.9 Å². The Labute approximate surface area is 110 Å². The van der Waals surface area contributed by atoms with Crippen LogP contribution in [0.25, 0.3) is 0 Å². The number of nitrogens with zero attached hydrogens (tertiary/aromatic N) is 1. The van der Waals surface area contributed by atoms with Gasteiger partial charge in [0.05, 0.1) is 0 Å². The predicted octanol–water partition coefficient (Wildman–Crippen LogP) is 2.79. The number of rotatable bonds is 4. The average Bonchev–Trinajstić information content (AvgIpc) is 2.72. The first-order chi connectivity index (χ1) is 8.39. The summed E-state index contributed by atoms with van der Waals surface area (Å²) in [7, 11) is 0. The zero-order valence-corrected chi connectivity index (χ0v) is 12.1. The van der Waals surface area contributed by atoms with Crippen molar-refractivity contribution in [3.8, 4) is 0 Å². The van der Waals surface area contributed by atoms with E-state index in [4.69, 9.17) is 9.84 Å². The monoisotopic (exact) mass is 257 g/mol. The van der Waals surface area contributed by atoms with Crippen LogP contribution >= 0.6 is 0 Å². The minimum absolute atomic E-state index is 0.192. The summed E-state index contributed by atoms with van der Waals surface area (Å²) in [5.74, 6) is 0.380. The fourth-order valence-corrected chi connectivity index (χ4v) is 2.66. The van der Waals surface area contributed by atoms with Gasteiger partial charge >= 0.3 is 6.09 Å². The van der Waals surface area contributed by atoms with Crippen LogP contribution < -0.4 is 0 Å². The lowest BCUT2D eigenvalue weighted by molar-refractivity contribution is 0.0161. The van der Waals surface area contributed by atoms with Crippen molar-refractivity contribution >= 4 is 6.09 Å². The number of amides is 1. The standard InChI is InChI=1S/C14H27NO3/c1-5-11(8-10-16)12-7-6-9-15(12)13(17)18-14(2,3)4/h11-12,16H,5-10H2,1-4H3. The largest absolute Gasteiger partial charge is 0.444 e. The highest BCUT2D eigenvalue weighted by Gasteiger charge is 2.35. The summed E-state index contributed by atoms with van der Waals surface area (Å²) < 4.78 is 5.45. The van der Waals surface area contributed by atoms with Crippen molar-refractivity contribution in [2.45, 2.75) is 65.0 Å². The zero-order chi connectivity index (χ0) is 13.8. The lowest BCUT2D eigenvalue weighted by Gasteiger charge is -2.32. The van der Waals surface area contributed by atoms with Gasteiger partial charge in [0.2, 0.25) is 0 Å². The molecule has 1 aliphatic rings. The van der Waals surface area contributed by atoms with E-state index in [-0.39, 0.29) is 18.7 Å². The van der Waals surface area contributed by atoms with Crippen molar-refractivity contribution in [1.82, 2.24) is 4.90 Å². The van der Waals surface area contributed by atoms with Crippen LogP contribution in [0.15, 0.2) is 0 Å². The van der Waals surface area contributed by atoms with Crippen molar-refractivity contribution in [1.29, 1.82) is 0 Å². The number of hydrogen-bond donors (Lipinski definition) is 1. The summed E-state index contributed by atoms with van der Waals surface area (Å²) in [6, 6.07) is 0.233. The molecule has 18 heavy (non-hydrogen) atoms. The second kappa shape index (κ2) is 6.41. The lowest BCUT2D eigenvalue weighted by Crippen LogP contribution is -2.43. The second-order valence-electron chi connectivity index (χ2n) is 6.06. The lowest BCUT2D eigenvalue weighted by atomic mass is 9.92. The number of aliphatic hydroxyl groups is 1. The third-order valence-electron chi connectivity index (χ3n) is 3.50. The first-order valence-electron chi connectivity index (χ1n) is 6.99. The molecule has 106 valence electrons. The van der Waals surface area contributed by atoms with Gasteiger partial charge in [-0.1, -0.05) is 13.3 Å². The molecule has 4 heteroatoms. The van der Waals surface area contributed by atoms with Gasteiger partial charge in [0.1, 0.15) is 5.60 Å². The highest BCUT2D eigenvalue weighted by atomic mass is 16.6. The maximum absolute atomic E-state index is 12.1. The topological polar surface area (TPSA) is 49.8 Å². The van der Waals surface area contributed by atoms with Crippen molar-refractivity contribution in [2.75, 3.05) is 13.2 Å². The summed E-state index contributed by atoms with van der Waals surface area (Å²) in [6.45, 7) is 8.76. The molecule has 1 rings (SSSR count). The zero-order valence-electron chi connectivity index (χ0n) is 12.1. The molecule has 1 aliphatic heterocycles. The van der Waals surface area contributed by atoms with Gasteiger partial charge in [-0.05, 0) is 46.0 Å². The highest BCUT2D eigenvalue weighted by Crippen LogP contribution is 2.29. The number of likely N-dealkylation sites (tertiary alicyclic amines) is 1. The van der Waals surface area contributed by atoms with Crippen LogP contribution in [0.4, 0.5) is 4.79 Å². The fraction of sp³-hybridized carbons (Fsp3) is 0.929. The minimum atomic E-state index is -0.442. The smallest absolute Gasteiger partial charge is 0.410 e. The summed E-state index contributed by atoms with van der Waals surface area (Å²) in [6.07, 6.45) is 3.61. The van der Waals surface area contributed by atoms with Crippen molar-refractivity contribution in [2.24, 2.45) is 5.92 Å². The Kier molecular flexibility index (Phi) is 5.45. The molecule has 0 spiro atoms. The van der Waals surface area contributed by atoms with Gasteiger partial charge in [-0.3, -0.25) is 0 Å². The molecule has 0 aromatic carbocycles. The number of carbonyl (C=O) groups excluding carboxylic acids is 1. The third kappa shape index (κ3) is 4.16. The molecule has 4 nitrogen and oxygen atoms in total. The van der Waals surface area contributed by atoms with Crippen molar-refractivity contribution in [3.05, 3.63) is 0 Å². The van der Waals surface area contributed by atoms with E-state index in [0.717, 1.165) is 32.2 Å². The van der Waals surface area contributed by atoms with E-state index >= 15 is 0 Å². The van der Waals surface area contributed by atoms with Crippen LogP contribution in [-0.2, 0) is 4.74 Å². The normalized spacial score (nSPS) is 22.1. The van der Waals surface area contributed by atoms with Gasteiger partial charge in [-0.2, -0.15) is 0 Å². The minimum Gasteiger partial charge on any atom is -0.444 e. The Bertz CT molecular complexity index is 273. The first-order valence-corrected chi connectivity index (χ1v) is 6.99. The third-order valence-corrected chi connectivity index (χ3v) is 3.50. The molecule has 0 aliphatic carbocycles. The van der Waals surface area contributed by atoms with E-state index in [9.17, 15) is 4.79 Å². The quantitative estimate of drug-likeness (QED) is 0.842. The van der Waals surface area contributed by atoms with E-state index in [1.54, 1.807) is 0 Å². The van der Waals surface area contributed by atoms with Crippen LogP contribution in [0, 0.1) is 5.92 Å². The SMILES string of the molecule is CCC(CCO)C1CCCN1C(=O)OC(C)(C)C. The molecular formula is C14H27NO3. The predicted molar refractivity (Wildman–Crippen MR) is 71.4 cm³/mol. The molecule has 1 saturated heterocycles. The van der Waals surface area contributed by atoms with Crippen LogP contribution in [0.5, 0.6) is 0 Å². The van der Waals surface area contributed by atoms with Gasteiger partial charge in [0.25, 0.3) is 0 Å². The molecule has 0 radical (unpaired) electrons. The van der Waals surface area contributed by atoms with Crippen LogP contribution in [0.2, 0.25) is 0 Å². The fourth-order valence-electron chi connectivity index (χ4n) is 2.66. The molecule has 2 atom stereocenters. The number of hydrogen-bond acceptors (Lipinski definition) is 3. The summed E-state index contributed by atoms with van der Waals surface area (Å²) in [5.41, 5.74) is -0.442. The average molecular weight is 257 g/mol. The molecule has 0 saturated carbocycles. The Hall–Kier alpha value is -0.770. The summed E-state index contributed by atoms with van der Waals surface area (Å²) in [4.78, 5) is 14.0. The number of aliphatic hydroxyl groups excluding tert-OH is 1. The van der Waals surface area contributed by atoms with E-state index in [1.807, 2.05) is 25.7 Å². The van der Waals surface area contributed by atoms with Gasteiger partial charge in [0, 0.05) is 19.2 Å². The Morgan fingerprint density at radius 2 is 2.17 bits per heavy atom. The van der Waals surface area contributed by atoms with E-state index < -0.39 is 5.60 Å². The van der Waals surface area contributed by atoms with Gasteiger partial charge < -0.3 is 14.7 Å². The molecule has 1 amide bonds. The van der Waals surface area contributed by atoms with Crippen molar-refractivity contribution < 1.29 is 14.6 Å². The van der Waals surface area contributed by atoms with Crippen molar-refractivity contribution in [3.63, 3.8) is 0 Å². The van der Waals surface area contributed by atoms with Gasteiger partial charge in [0.15, 0.2) is 0 Å². The van der Waals surface area contributed by atoms with Gasteiger partial charge in [-0.15, -0.1) is 0 Å².